The number of halogens is 1. The fraction of sp³-hybridized carbons (Fsp3) is 0.143. The lowest BCUT2D eigenvalue weighted by Crippen LogP contribution is -2.01. The van der Waals surface area contributed by atoms with Gasteiger partial charge in [0.25, 0.3) is 0 Å². The average molecular weight is 318 g/mol. The van der Waals surface area contributed by atoms with Crippen LogP contribution in [0.5, 0.6) is 0 Å². The zero-order chi connectivity index (χ0) is 13.4. The summed E-state index contributed by atoms with van der Waals surface area (Å²) in [6.45, 7) is 2.02. The van der Waals surface area contributed by atoms with Gasteiger partial charge < -0.3 is 10.2 Å². The zero-order valence-electron chi connectivity index (χ0n) is 10.4. The minimum Gasteiger partial charge on any atom is -0.453 e. The van der Waals surface area contributed by atoms with Crippen molar-refractivity contribution in [1.29, 1.82) is 0 Å². The maximum absolute atomic E-state index is 5.89. The Labute approximate surface area is 118 Å². The molecule has 1 aromatic carbocycles. The van der Waals surface area contributed by atoms with Crippen LogP contribution < -0.4 is 5.73 Å². The smallest absolute Gasteiger partial charge is 0.197 e. The molecule has 0 aliphatic rings. The van der Waals surface area contributed by atoms with Crippen LogP contribution in [0.4, 0.5) is 5.82 Å². The quantitative estimate of drug-likeness (QED) is 0.780. The summed E-state index contributed by atoms with van der Waals surface area (Å²) in [5.41, 5.74) is 7.59. The lowest BCUT2D eigenvalue weighted by Gasteiger charge is -2.05. The molecule has 0 amide bonds. The van der Waals surface area contributed by atoms with Crippen molar-refractivity contribution >= 4 is 32.7 Å². The van der Waals surface area contributed by atoms with Crippen molar-refractivity contribution in [3.05, 3.63) is 40.5 Å². The van der Waals surface area contributed by atoms with Gasteiger partial charge in [-0.2, -0.15) is 0 Å². The zero-order valence-corrected chi connectivity index (χ0v) is 11.9. The highest BCUT2D eigenvalue weighted by Gasteiger charge is 2.13. The summed E-state index contributed by atoms with van der Waals surface area (Å²) in [6, 6.07) is 9.74. The number of nitrogen functional groups attached to an aromatic ring is 1. The first-order valence-electron chi connectivity index (χ1n) is 6.00. The van der Waals surface area contributed by atoms with E-state index in [2.05, 4.69) is 25.9 Å². The molecule has 0 unspecified atom stereocenters. The van der Waals surface area contributed by atoms with Crippen molar-refractivity contribution in [2.75, 3.05) is 5.73 Å². The summed E-state index contributed by atoms with van der Waals surface area (Å²) < 4.78 is 6.51. The predicted octanol–water partition coefficient (Wildman–Crippen LogP) is 3.80. The lowest BCUT2D eigenvalue weighted by atomic mass is 10.2. The number of rotatable bonds is 2. The molecule has 0 saturated heterocycles. The molecular formula is C14H12BrN3O. The van der Waals surface area contributed by atoms with Crippen molar-refractivity contribution in [2.45, 2.75) is 13.3 Å². The van der Waals surface area contributed by atoms with Crippen LogP contribution in [0.25, 0.3) is 22.6 Å². The van der Waals surface area contributed by atoms with Crippen LogP contribution in [0.2, 0.25) is 0 Å². The second kappa shape index (κ2) is 4.66. The molecule has 0 saturated carbocycles. The fourth-order valence-corrected chi connectivity index (χ4v) is 2.41. The predicted molar refractivity (Wildman–Crippen MR) is 78.7 cm³/mol. The van der Waals surface area contributed by atoms with Gasteiger partial charge in [-0.05, 0) is 34.5 Å². The van der Waals surface area contributed by atoms with E-state index in [1.54, 1.807) is 0 Å². The number of nitrogens with zero attached hydrogens (tertiary/aromatic N) is 2. The molecule has 0 aliphatic heterocycles. The molecular weight excluding hydrogens is 306 g/mol. The Morgan fingerprint density at radius 1 is 1.26 bits per heavy atom. The van der Waals surface area contributed by atoms with E-state index >= 15 is 0 Å². The van der Waals surface area contributed by atoms with Crippen LogP contribution in [0.3, 0.4) is 0 Å². The summed E-state index contributed by atoms with van der Waals surface area (Å²) in [5.74, 6) is 1.59. The topological polar surface area (TPSA) is 64.9 Å². The van der Waals surface area contributed by atoms with E-state index in [0.29, 0.717) is 17.4 Å². The summed E-state index contributed by atoms with van der Waals surface area (Å²) in [5, 5.41) is 1.03. The summed E-state index contributed by atoms with van der Waals surface area (Å²) >= 11 is 3.40. The molecule has 3 rings (SSSR count). The van der Waals surface area contributed by atoms with Crippen LogP contribution >= 0.6 is 15.9 Å². The lowest BCUT2D eigenvalue weighted by molar-refractivity contribution is 0.624. The number of hydrogen-bond donors (Lipinski definition) is 1. The van der Waals surface area contributed by atoms with E-state index in [0.717, 1.165) is 27.6 Å². The third-order valence-corrected chi connectivity index (χ3v) is 3.79. The second-order valence-corrected chi connectivity index (χ2v) is 4.99. The fourth-order valence-electron chi connectivity index (χ4n) is 1.95. The number of para-hydroxylation sites is 1. The molecule has 2 aromatic heterocycles. The van der Waals surface area contributed by atoms with E-state index in [-0.39, 0.29) is 0 Å². The van der Waals surface area contributed by atoms with E-state index < -0.39 is 0 Å². The molecule has 0 bridgehead atoms. The number of hydrogen-bond acceptors (Lipinski definition) is 4. The van der Waals surface area contributed by atoms with Crippen LogP contribution in [-0.2, 0) is 6.42 Å². The molecule has 4 nitrogen and oxygen atoms in total. The molecule has 0 spiro atoms. The van der Waals surface area contributed by atoms with Crippen LogP contribution in [0.15, 0.2) is 39.2 Å². The van der Waals surface area contributed by atoms with Crippen LogP contribution in [0.1, 0.15) is 12.6 Å². The van der Waals surface area contributed by atoms with Gasteiger partial charge in [0.1, 0.15) is 11.4 Å². The maximum Gasteiger partial charge on any atom is 0.197 e. The minimum absolute atomic E-state index is 0.433. The second-order valence-electron chi connectivity index (χ2n) is 4.20. The van der Waals surface area contributed by atoms with Gasteiger partial charge >= 0.3 is 0 Å². The van der Waals surface area contributed by atoms with Gasteiger partial charge in [0.05, 0.1) is 10.2 Å². The van der Waals surface area contributed by atoms with E-state index in [1.165, 1.54) is 0 Å². The van der Waals surface area contributed by atoms with Gasteiger partial charge in [-0.15, -0.1) is 0 Å². The minimum atomic E-state index is 0.433. The number of aromatic nitrogens is 2. The molecule has 5 heteroatoms. The first-order valence-corrected chi connectivity index (χ1v) is 6.79. The molecule has 3 aromatic rings. The van der Waals surface area contributed by atoms with Crippen molar-refractivity contribution < 1.29 is 4.42 Å². The monoisotopic (exact) mass is 317 g/mol. The Kier molecular flexibility index (Phi) is 2.98. The van der Waals surface area contributed by atoms with Crippen LogP contribution in [-0.4, -0.2) is 9.97 Å². The number of furan rings is 1. The molecule has 0 fully saturated rings. The highest BCUT2D eigenvalue weighted by molar-refractivity contribution is 9.10. The van der Waals surface area contributed by atoms with Gasteiger partial charge in [-0.25, -0.2) is 9.97 Å². The molecule has 2 N–H and O–H groups in total. The van der Waals surface area contributed by atoms with Gasteiger partial charge in [0, 0.05) is 5.39 Å². The summed E-state index contributed by atoms with van der Waals surface area (Å²) in [4.78, 5) is 8.76. The Morgan fingerprint density at radius 3 is 2.79 bits per heavy atom. The normalized spacial score (nSPS) is 11.1. The standard InChI is InChI=1S/C14H12BrN3O/c1-2-9-12(15)13(16)18-14(17-9)11-7-8-5-3-4-6-10(8)19-11/h3-7H,2H2,1H3,(H2,16,17,18). The van der Waals surface area contributed by atoms with E-state index in [1.807, 2.05) is 37.3 Å². The van der Waals surface area contributed by atoms with Gasteiger partial charge in [-0.1, -0.05) is 25.1 Å². The molecule has 2 heterocycles. The van der Waals surface area contributed by atoms with Gasteiger partial charge in [0.15, 0.2) is 11.6 Å². The summed E-state index contributed by atoms with van der Waals surface area (Å²) in [6.07, 6.45) is 0.778. The number of anilines is 1. The Hall–Kier alpha value is -1.88. The Balaban J connectivity index is 2.18. The van der Waals surface area contributed by atoms with Crippen molar-refractivity contribution in [1.82, 2.24) is 9.97 Å². The van der Waals surface area contributed by atoms with Crippen molar-refractivity contribution in [3.63, 3.8) is 0 Å². The molecule has 0 aliphatic carbocycles. The molecule has 0 atom stereocenters. The van der Waals surface area contributed by atoms with Crippen LogP contribution in [0, 0.1) is 0 Å². The van der Waals surface area contributed by atoms with E-state index in [9.17, 15) is 0 Å². The Bertz CT molecular complexity index is 719. The summed E-state index contributed by atoms with van der Waals surface area (Å²) in [7, 11) is 0. The SMILES string of the molecule is CCc1nc(-c2cc3ccccc3o2)nc(N)c1Br. The molecule has 96 valence electrons. The van der Waals surface area contributed by atoms with Gasteiger partial charge in [0.2, 0.25) is 0 Å². The first-order chi connectivity index (χ1) is 9.19. The number of fused-ring (bicyclic) bond motifs is 1. The van der Waals surface area contributed by atoms with Gasteiger partial charge in [-0.3, -0.25) is 0 Å². The number of nitrogens with two attached hydrogens (primary N) is 1. The highest BCUT2D eigenvalue weighted by Crippen LogP contribution is 2.29. The first kappa shape index (κ1) is 12.2. The number of benzene rings is 1. The third kappa shape index (κ3) is 2.10. The van der Waals surface area contributed by atoms with E-state index in [4.69, 9.17) is 10.2 Å². The third-order valence-electron chi connectivity index (χ3n) is 2.93. The largest absolute Gasteiger partial charge is 0.453 e. The molecule has 0 radical (unpaired) electrons. The van der Waals surface area contributed by atoms with Crippen molar-refractivity contribution in [2.24, 2.45) is 0 Å². The van der Waals surface area contributed by atoms with Crippen molar-refractivity contribution in [3.8, 4) is 11.6 Å². The molecule has 19 heavy (non-hydrogen) atoms. The maximum atomic E-state index is 5.89. The number of aryl methyl sites for hydroxylation is 1. The Morgan fingerprint density at radius 2 is 2.05 bits per heavy atom. The average Bonchev–Trinajstić information content (AvgIpc) is 2.85. The highest BCUT2D eigenvalue weighted by atomic mass is 79.9.